The van der Waals surface area contributed by atoms with Crippen molar-refractivity contribution in [2.24, 2.45) is 5.10 Å². The van der Waals surface area contributed by atoms with Crippen LogP contribution in [0.2, 0.25) is 0 Å². The quantitative estimate of drug-likeness (QED) is 0.439. The Balaban J connectivity index is 1.96. The van der Waals surface area contributed by atoms with Gasteiger partial charge in [-0.05, 0) is 18.2 Å². The summed E-state index contributed by atoms with van der Waals surface area (Å²) in [6, 6.07) is 11.0. The van der Waals surface area contributed by atoms with Crippen LogP contribution in [-0.2, 0) is 4.79 Å². The lowest BCUT2D eigenvalue weighted by molar-refractivity contribution is -0.385. The van der Waals surface area contributed by atoms with E-state index in [0.29, 0.717) is 17.1 Å². The summed E-state index contributed by atoms with van der Waals surface area (Å²) in [6.07, 6.45) is 1.39. The van der Waals surface area contributed by atoms with Crippen molar-refractivity contribution in [3.63, 3.8) is 0 Å². The molecule has 0 bridgehead atoms. The van der Waals surface area contributed by atoms with E-state index in [4.69, 9.17) is 14.2 Å². The Kier molecular flexibility index (Phi) is 6.49. The van der Waals surface area contributed by atoms with E-state index < -0.39 is 17.4 Å². The lowest BCUT2D eigenvalue weighted by Gasteiger charge is -2.09. The molecule has 0 saturated heterocycles. The van der Waals surface area contributed by atoms with Crippen LogP contribution in [0.4, 0.5) is 5.69 Å². The van der Waals surface area contributed by atoms with Gasteiger partial charge in [0.25, 0.3) is 5.91 Å². The Labute approximate surface area is 149 Å². The molecule has 9 heteroatoms. The van der Waals surface area contributed by atoms with Crippen LogP contribution in [0.25, 0.3) is 0 Å². The lowest BCUT2D eigenvalue weighted by atomic mass is 10.2. The molecular formula is C17H17N3O6. The van der Waals surface area contributed by atoms with Gasteiger partial charge in [0, 0.05) is 11.6 Å². The third-order valence-electron chi connectivity index (χ3n) is 3.25. The van der Waals surface area contributed by atoms with Gasteiger partial charge in [-0.25, -0.2) is 5.43 Å². The summed E-state index contributed by atoms with van der Waals surface area (Å²) in [4.78, 5) is 22.1. The number of ether oxygens (including phenoxy) is 3. The first kappa shape index (κ1) is 18.7. The molecule has 0 atom stereocenters. The van der Waals surface area contributed by atoms with E-state index in [1.54, 1.807) is 24.3 Å². The number of nitrogens with zero attached hydrogens (tertiary/aromatic N) is 2. The summed E-state index contributed by atoms with van der Waals surface area (Å²) in [5.74, 6) is 0.444. The normalized spacial score (nSPS) is 10.4. The molecule has 0 aliphatic rings. The Morgan fingerprint density at radius 1 is 1.15 bits per heavy atom. The van der Waals surface area contributed by atoms with E-state index in [1.165, 1.54) is 38.6 Å². The van der Waals surface area contributed by atoms with Crippen molar-refractivity contribution in [3.8, 4) is 17.2 Å². The van der Waals surface area contributed by atoms with E-state index in [1.807, 2.05) is 0 Å². The number of methoxy groups -OCH3 is 2. The molecule has 26 heavy (non-hydrogen) atoms. The van der Waals surface area contributed by atoms with Crippen LogP contribution in [0.3, 0.4) is 0 Å². The Hall–Kier alpha value is -3.62. The second-order valence-corrected chi connectivity index (χ2v) is 4.89. The average molecular weight is 359 g/mol. The molecule has 1 amide bonds. The average Bonchev–Trinajstić information content (AvgIpc) is 2.66. The van der Waals surface area contributed by atoms with Crippen molar-refractivity contribution in [2.75, 3.05) is 20.8 Å². The number of carbonyl (C=O) groups excluding carboxylic acids is 1. The Morgan fingerprint density at radius 2 is 1.88 bits per heavy atom. The van der Waals surface area contributed by atoms with Crippen molar-refractivity contribution in [3.05, 3.63) is 58.1 Å². The van der Waals surface area contributed by atoms with Crippen molar-refractivity contribution in [1.29, 1.82) is 0 Å². The minimum atomic E-state index is -0.583. The molecule has 0 unspecified atom stereocenters. The number of hydrogen-bond acceptors (Lipinski definition) is 7. The predicted molar refractivity (Wildman–Crippen MR) is 93.9 cm³/mol. The molecule has 2 aromatic rings. The van der Waals surface area contributed by atoms with Crippen molar-refractivity contribution >= 4 is 17.8 Å². The summed E-state index contributed by atoms with van der Waals surface area (Å²) in [5, 5.41) is 14.7. The van der Waals surface area contributed by atoms with E-state index >= 15 is 0 Å². The molecule has 0 saturated carbocycles. The van der Waals surface area contributed by atoms with Crippen LogP contribution in [0.15, 0.2) is 47.6 Å². The fraction of sp³-hybridized carbons (Fsp3) is 0.176. The van der Waals surface area contributed by atoms with Crippen molar-refractivity contribution < 1.29 is 23.9 Å². The summed E-state index contributed by atoms with van der Waals surface area (Å²) in [5.41, 5.74) is 2.66. The van der Waals surface area contributed by atoms with E-state index in [2.05, 4.69) is 10.5 Å². The van der Waals surface area contributed by atoms with Gasteiger partial charge in [-0.15, -0.1) is 0 Å². The van der Waals surface area contributed by atoms with Gasteiger partial charge >= 0.3 is 5.69 Å². The Bertz CT molecular complexity index is 822. The summed E-state index contributed by atoms with van der Waals surface area (Å²) in [6.45, 7) is -0.419. The predicted octanol–water partition coefficient (Wildman–Crippen LogP) is 2.14. The molecule has 9 nitrogen and oxygen atoms in total. The lowest BCUT2D eigenvalue weighted by Crippen LogP contribution is -2.24. The molecule has 0 aliphatic carbocycles. The third-order valence-corrected chi connectivity index (χ3v) is 3.25. The van der Waals surface area contributed by atoms with Crippen molar-refractivity contribution in [2.45, 2.75) is 0 Å². The molecule has 0 aliphatic heterocycles. The molecule has 0 fully saturated rings. The van der Waals surface area contributed by atoms with Gasteiger partial charge in [0.05, 0.1) is 25.4 Å². The number of nitrogens with one attached hydrogen (secondary N) is 1. The van der Waals surface area contributed by atoms with E-state index in [9.17, 15) is 14.9 Å². The molecule has 0 aromatic heterocycles. The van der Waals surface area contributed by atoms with Crippen LogP contribution < -0.4 is 19.6 Å². The van der Waals surface area contributed by atoms with Gasteiger partial charge in [0.15, 0.2) is 23.9 Å². The number of carbonyl (C=O) groups is 1. The van der Waals surface area contributed by atoms with Crippen LogP contribution in [0.1, 0.15) is 5.56 Å². The number of para-hydroxylation sites is 3. The number of amides is 1. The fourth-order valence-corrected chi connectivity index (χ4v) is 2.09. The standard InChI is InChI=1S/C17H17N3O6/c1-24-15-9-5-6-12(17(15)25-2)10-18-19-16(21)11-26-14-8-4-3-7-13(14)20(22)23/h3-10H,11H2,1-2H3,(H,19,21)/b18-10+. The second-order valence-electron chi connectivity index (χ2n) is 4.89. The van der Waals surface area contributed by atoms with Crippen LogP contribution in [0.5, 0.6) is 17.2 Å². The van der Waals surface area contributed by atoms with Gasteiger partial charge in [-0.2, -0.15) is 5.10 Å². The fourth-order valence-electron chi connectivity index (χ4n) is 2.09. The molecule has 2 aromatic carbocycles. The number of nitro benzene ring substituents is 1. The van der Waals surface area contributed by atoms with E-state index in [-0.39, 0.29) is 11.4 Å². The number of hydrazone groups is 1. The van der Waals surface area contributed by atoms with Crippen LogP contribution in [0, 0.1) is 10.1 Å². The van der Waals surface area contributed by atoms with Gasteiger partial charge in [-0.1, -0.05) is 18.2 Å². The minimum absolute atomic E-state index is 0.00564. The number of benzene rings is 2. The first-order valence-corrected chi connectivity index (χ1v) is 7.46. The summed E-state index contributed by atoms with van der Waals surface area (Å²) >= 11 is 0. The van der Waals surface area contributed by atoms with Gasteiger partial charge in [0.1, 0.15) is 0 Å². The third kappa shape index (κ3) is 4.69. The first-order chi connectivity index (χ1) is 12.6. The molecule has 2 rings (SSSR count). The number of rotatable bonds is 8. The summed E-state index contributed by atoms with van der Waals surface area (Å²) in [7, 11) is 3.01. The Morgan fingerprint density at radius 3 is 2.58 bits per heavy atom. The smallest absolute Gasteiger partial charge is 0.310 e. The molecule has 0 radical (unpaired) electrons. The number of nitro groups is 1. The maximum Gasteiger partial charge on any atom is 0.310 e. The zero-order chi connectivity index (χ0) is 18.9. The topological polar surface area (TPSA) is 112 Å². The van der Waals surface area contributed by atoms with Gasteiger partial charge in [0.2, 0.25) is 0 Å². The SMILES string of the molecule is COc1cccc(/C=N/NC(=O)COc2ccccc2[N+](=O)[O-])c1OC. The maximum atomic E-state index is 11.8. The monoisotopic (exact) mass is 359 g/mol. The molecular weight excluding hydrogens is 342 g/mol. The first-order valence-electron chi connectivity index (χ1n) is 7.46. The molecule has 136 valence electrons. The van der Waals surface area contributed by atoms with Gasteiger partial charge < -0.3 is 14.2 Å². The van der Waals surface area contributed by atoms with Crippen LogP contribution >= 0.6 is 0 Å². The van der Waals surface area contributed by atoms with E-state index in [0.717, 1.165) is 0 Å². The highest BCUT2D eigenvalue weighted by Crippen LogP contribution is 2.29. The van der Waals surface area contributed by atoms with Gasteiger partial charge in [-0.3, -0.25) is 14.9 Å². The minimum Gasteiger partial charge on any atom is -0.493 e. The molecule has 0 spiro atoms. The largest absolute Gasteiger partial charge is 0.493 e. The number of hydrogen-bond donors (Lipinski definition) is 1. The molecule has 1 N–H and O–H groups in total. The van der Waals surface area contributed by atoms with Crippen molar-refractivity contribution in [1.82, 2.24) is 5.43 Å². The highest BCUT2D eigenvalue weighted by Gasteiger charge is 2.14. The second kappa shape index (κ2) is 9.02. The zero-order valence-corrected chi connectivity index (χ0v) is 14.2. The highest BCUT2D eigenvalue weighted by atomic mass is 16.6. The van der Waals surface area contributed by atoms with Crippen LogP contribution in [-0.4, -0.2) is 37.9 Å². The maximum absolute atomic E-state index is 11.8. The summed E-state index contributed by atoms with van der Waals surface area (Å²) < 4.78 is 15.6. The molecule has 0 heterocycles. The highest BCUT2D eigenvalue weighted by molar-refractivity contribution is 5.86. The zero-order valence-electron chi connectivity index (χ0n) is 14.2.